The van der Waals surface area contributed by atoms with Crippen molar-refractivity contribution < 1.29 is 14.0 Å². The Kier molecular flexibility index (Phi) is 4.84. The topological polar surface area (TPSA) is 71.1 Å². The van der Waals surface area contributed by atoms with Gasteiger partial charge in [0.25, 0.3) is 11.8 Å². The van der Waals surface area contributed by atoms with E-state index in [1.807, 2.05) is 0 Å². The summed E-state index contributed by atoms with van der Waals surface area (Å²) in [6.45, 7) is 0. The molecule has 0 saturated heterocycles. The van der Waals surface area contributed by atoms with Gasteiger partial charge >= 0.3 is 0 Å². The first-order chi connectivity index (χ1) is 11.6. The van der Waals surface area contributed by atoms with Crippen molar-refractivity contribution in [1.29, 1.82) is 0 Å². The third-order valence-electron chi connectivity index (χ3n) is 4.03. The van der Waals surface area contributed by atoms with E-state index in [9.17, 15) is 14.0 Å². The second kappa shape index (κ2) is 7.21. The Morgan fingerprint density at radius 3 is 2.62 bits per heavy atom. The van der Waals surface area contributed by atoms with E-state index in [0.717, 1.165) is 25.7 Å². The van der Waals surface area contributed by atoms with Crippen LogP contribution in [0.4, 0.5) is 10.1 Å². The zero-order chi connectivity index (χ0) is 16.9. The first-order valence-electron chi connectivity index (χ1n) is 7.95. The van der Waals surface area contributed by atoms with Crippen LogP contribution in [0.2, 0.25) is 0 Å². The Morgan fingerprint density at radius 1 is 1.08 bits per heavy atom. The number of benzene rings is 1. The van der Waals surface area contributed by atoms with Crippen LogP contribution in [0.15, 0.2) is 42.6 Å². The molecule has 2 N–H and O–H groups in total. The number of amides is 2. The van der Waals surface area contributed by atoms with E-state index in [1.165, 1.54) is 36.5 Å². The van der Waals surface area contributed by atoms with Gasteiger partial charge in [0.05, 0.1) is 0 Å². The summed E-state index contributed by atoms with van der Waals surface area (Å²) in [6, 6.07) is 8.78. The van der Waals surface area contributed by atoms with E-state index < -0.39 is 11.7 Å². The standard InChI is InChI=1S/C18H18FN3O2/c19-13-4-3-7-15(11-13)22-17(23)12-8-9-20-16(10-12)18(24)21-14-5-1-2-6-14/h3-4,7-11,14H,1-2,5-6H2,(H,21,24)(H,22,23). The van der Waals surface area contributed by atoms with Gasteiger partial charge in [0, 0.05) is 23.5 Å². The number of anilines is 1. The lowest BCUT2D eigenvalue weighted by molar-refractivity contribution is 0.0933. The number of pyridine rings is 1. The molecule has 5 nitrogen and oxygen atoms in total. The molecule has 1 saturated carbocycles. The molecule has 0 bridgehead atoms. The maximum Gasteiger partial charge on any atom is 0.270 e. The largest absolute Gasteiger partial charge is 0.348 e. The van der Waals surface area contributed by atoms with Crippen LogP contribution in [-0.2, 0) is 0 Å². The first kappa shape index (κ1) is 16.1. The van der Waals surface area contributed by atoms with E-state index in [0.29, 0.717) is 11.3 Å². The zero-order valence-electron chi connectivity index (χ0n) is 13.1. The number of aromatic nitrogens is 1. The molecule has 3 rings (SSSR count). The van der Waals surface area contributed by atoms with Crippen molar-refractivity contribution in [2.75, 3.05) is 5.32 Å². The van der Waals surface area contributed by atoms with Crippen LogP contribution in [0.3, 0.4) is 0 Å². The summed E-state index contributed by atoms with van der Waals surface area (Å²) in [5, 5.41) is 5.54. The van der Waals surface area contributed by atoms with Gasteiger partial charge in [-0.15, -0.1) is 0 Å². The van der Waals surface area contributed by atoms with Crippen LogP contribution in [0.25, 0.3) is 0 Å². The van der Waals surface area contributed by atoms with Gasteiger partial charge in [0.1, 0.15) is 11.5 Å². The summed E-state index contributed by atoms with van der Waals surface area (Å²) in [5.41, 5.74) is 0.855. The summed E-state index contributed by atoms with van der Waals surface area (Å²) in [5.74, 6) is -1.13. The summed E-state index contributed by atoms with van der Waals surface area (Å²) in [4.78, 5) is 28.5. The lowest BCUT2D eigenvalue weighted by Gasteiger charge is -2.12. The van der Waals surface area contributed by atoms with Gasteiger partial charge in [-0.05, 0) is 43.2 Å². The molecule has 0 unspecified atom stereocenters. The van der Waals surface area contributed by atoms with Crippen molar-refractivity contribution in [1.82, 2.24) is 10.3 Å². The fourth-order valence-corrected chi connectivity index (χ4v) is 2.79. The predicted molar refractivity (Wildman–Crippen MR) is 88.3 cm³/mol. The Bertz CT molecular complexity index is 757. The molecule has 1 fully saturated rings. The monoisotopic (exact) mass is 327 g/mol. The Labute approximate surface area is 139 Å². The maximum atomic E-state index is 13.2. The second-order valence-electron chi connectivity index (χ2n) is 5.85. The van der Waals surface area contributed by atoms with Crippen molar-refractivity contribution in [3.8, 4) is 0 Å². The fraction of sp³-hybridized carbons (Fsp3) is 0.278. The smallest absolute Gasteiger partial charge is 0.270 e. The number of nitrogens with zero attached hydrogens (tertiary/aromatic N) is 1. The molecular weight excluding hydrogens is 309 g/mol. The molecule has 124 valence electrons. The minimum atomic E-state index is -0.431. The molecule has 2 amide bonds. The summed E-state index contributed by atoms with van der Waals surface area (Å²) in [7, 11) is 0. The minimum Gasteiger partial charge on any atom is -0.348 e. The predicted octanol–water partition coefficient (Wildman–Crippen LogP) is 3.15. The van der Waals surface area contributed by atoms with Gasteiger partial charge in [-0.25, -0.2) is 4.39 Å². The minimum absolute atomic E-state index is 0.184. The van der Waals surface area contributed by atoms with Gasteiger partial charge < -0.3 is 10.6 Å². The maximum absolute atomic E-state index is 13.2. The Hall–Kier alpha value is -2.76. The highest BCUT2D eigenvalue weighted by molar-refractivity contribution is 6.05. The number of carbonyl (C=O) groups is 2. The molecule has 0 spiro atoms. The highest BCUT2D eigenvalue weighted by Crippen LogP contribution is 2.18. The van der Waals surface area contributed by atoms with Gasteiger partial charge in [-0.3, -0.25) is 14.6 Å². The fourth-order valence-electron chi connectivity index (χ4n) is 2.79. The highest BCUT2D eigenvalue weighted by atomic mass is 19.1. The normalized spacial score (nSPS) is 14.4. The van der Waals surface area contributed by atoms with Crippen molar-refractivity contribution >= 4 is 17.5 Å². The Balaban J connectivity index is 1.69. The lowest BCUT2D eigenvalue weighted by Crippen LogP contribution is -2.33. The van der Waals surface area contributed by atoms with Gasteiger partial charge in [-0.2, -0.15) is 0 Å². The Morgan fingerprint density at radius 2 is 1.88 bits per heavy atom. The third-order valence-corrected chi connectivity index (χ3v) is 4.03. The molecule has 1 aliphatic carbocycles. The molecule has 1 heterocycles. The molecule has 2 aromatic rings. The van der Waals surface area contributed by atoms with E-state index in [1.54, 1.807) is 6.07 Å². The molecule has 1 aliphatic rings. The van der Waals surface area contributed by atoms with Crippen LogP contribution in [0.5, 0.6) is 0 Å². The van der Waals surface area contributed by atoms with Gasteiger partial charge in [-0.1, -0.05) is 18.9 Å². The van der Waals surface area contributed by atoms with Crippen LogP contribution in [0, 0.1) is 5.82 Å². The number of halogens is 1. The number of hydrogen-bond acceptors (Lipinski definition) is 3. The van der Waals surface area contributed by atoms with Crippen LogP contribution < -0.4 is 10.6 Å². The molecule has 0 radical (unpaired) electrons. The van der Waals surface area contributed by atoms with Crippen molar-refractivity contribution in [2.45, 2.75) is 31.7 Å². The molecule has 1 aromatic carbocycles. The van der Waals surface area contributed by atoms with Crippen LogP contribution >= 0.6 is 0 Å². The van der Waals surface area contributed by atoms with E-state index in [4.69, 9.17) is 0 Å². The molecule has 0 atom stereocenters. The number of nitrogens with one attached hydrogen (secondary N) is 2. The van der Waals surface area contributed by atoms with Gasteiger partial charge in [0.15, 0.2) is 0 Å². The first-order valence-corrected chi connectivity index (χ1v) is 7.95. The highest BCUT2D eigenvalue weighted by Gasteiger charge is 2.19. The van der Waals surface area contributed by atoms with E-state index >= 15 is 0 Å². The molecule has 24 heavy (non-hydrogen) atoms. The van der Waals surface area contributed by atoms with Crippen molar-refractivity contribution in [3.63, 3.8) is 0 Å². The molecule has 0 aliphatic heterocycles. The summed E-state index contributed by atoms with van der Waals surface area (Å²) in [6.07, 6.45) is 5.62. The molecular formula is C18H18FN3O2. The lowest BCUT2D eigenvalue weighted by atomic mass is 10.2. The number of carbonyl (C=O) groups excluding carboxylic acids is 2. The quantitative estimate of drug-likeness (QED) is 0.906. The third kappa shape index (κ3) is 3.95. The number of hydrogen-bond donors (Lipinski definition) is 2. The average Bonchev–Trinajstić information content (AvgIpc) is 3.08. The molecule has 6 heteroatoms. The SMILES string of the molecule is O=C(Nc1cccc(F)c1)c1ccnc(C(=O)NC2CCCC2)c1. The van der Waals surface area contributed by atoms with Gasteiger partial charge in [0.2, 0.25) is 0 Å². The molecule has 1 aromatic heterocycles. The van der Waals surface area contributed by atoms with Crippen LogP contribution in [0.1, 0.15) is 46.5 Å². The number of rotatable bonds is 4. The van der Waals surface area contributed by atoms with Crippen LogP contribution in [-0.4, -0.2) is 22.8 Å². The van der Waals surface area contributed by atoms with E-state index in [2.05, 4.69) is 15.6 Å². The van der Waals surface area contributed by atoms with Crippen molar-refractivity contribution in [2.24, 2.45) is 0 Å². The second-order valence-corrected chi connectivity index (χ2v) is 5.85. The summed E-state index contributed by atoms with van der Waals surface area (Å²) < 4.78 is 13.2. The summed E-state index contributed by atoms with van der Waals surface area (Å²) >= 11 is 0. The average molecular weight is 327 g/mol. The zero-order valence-corrected chi connectivity index (χ0v) is 13.1. The van der Waals surface area contributed by atoms with E-state index in [-0.39, 0.29) is 17.6 Å². The van der Waals surface area contributed by atoms with Crippen molar-refractivity contribution in [3.05, 3.63) is 59.7 Å².